The second-order valence-electron chi connectivity index (χ2n) is 19.6. The van der Waals surface area contributed by atoms with Crippen molar-refractivity contribution in [2.75, 3.05) is 19.8 Å². The molecule has 1 rings (SSSR count). The van der Waals surface area contributed by atoms with Gasteiger partial charge in [0.2, 0.25) is 5.91 Å². The Morgan fingerprint density at radius 3 is 1.41 bits per heavy atom. The van der Waals surface area contributed by atoms with Crippen LogP contribution in [0.15, 0.2) is 36.5 Å². The summed E-state index contributed by atoms with van der Waals surface area (Å²) in [6.07, 6.45) is 46.6. The third-order valence-corrected chi connectivity index (χ3v) is 13.2. The predicted octanol–water partition coefficient (Wildman–Crippen LogP) is 12.3. The molecular weight excluding hydrogens is 859 g/mol. The molecule has 11 heteroatoms. The Labute approximate surface area is 415 Å². The zero-order valence-electron chi connectivity index (χ0n) is 43.6. The molecule has 1 heterocycles. The fourth-order valence-corrected chi connectivity index (χ4v) is 8.66. The summed E-state index contributed by atoms with van der Waals surface area (Å²) in [5.41, 5.74) is 0. The van der Waals surface area contributed by atoms with Gasteiger partial charge in [-0.05, 0) is 83.5 Å². The molecule has 7 unspecified atom stereocenters. The van der Waals surface area contributed by atoms with Crippen molar-refractivity contribution < 1.29 is 49.3 Å². The van der Waals surface area contributed by atoms with E-state index in [1.54, 1.807) is 6.08 Å². The van der Waals surface area contributed by atoms with Crippen molar-refractivity contribution in [2.45, 2.75) is 294 Å². The van der Waals surface area contributed by atoms with Gasteiger partial charge in [-0.2, -0.15) is 0 Å². The number of aliphatic hydroxyl groups is 5. The molecule has 1 amide bonds. The van der Waals surface area contributed by atoms with Crippen LogP contribution in [0.5, 0.6) is 0 Å². The molecule has 0 bridgehead atoms. The van der Waals surface area contributed by atoms with Crippen LogP contribution in [0.1, 0.15) is 251 Å². The van der Waals surface area contributed by atoms with Crippen molar-refractivity contribution in [3.05, 3.63) is 36.5 Å². The first-order chi connectivity index (χ1) is 33.2. The summed E-state index contributed by atoms with van der Waals surface area (Å²) in [7, 11) is 0. The third-order valence-electron chi connectivity index (χ3n) is 13.2. The molecule has 0 saturated carbocycles. The van der Waals surface area contributed by atoms with Crippen molar-refractivity contribution in [1.82, 2.24) is 5.32 Å². The number of rotatable bonds is 48. The van der Waals surface area contributed by atoms with Gasteiger partial charge in [0, 0.05) is 12.8 Å². The number of amides is 1. The molecule has 68 heavy (non-hydrogen) atoms. The smallest absolute Gasteiger partial charge is 0.305 e. The minimum absolute atomic E-state index is 0.0278. The number of carbonyl (C=O) groups is 2. The van der Waals surface area contributed by atoms with Crippen LogP contribution in [-0.2, 0) is 23.8 Å². The van der Waals surface area contributed by atoms with Crippen LogP contribution in [0, 0.1) is 0 Å². The minimum atomic E-state index is -1.57. The predicted molar refractivity (Wildman–Crippen MR) is 278 cm³/mol. The van der Waals surface area contributed by atoms with Gasteiger partial charge in [-0.15, -0.1) is 0 Å². The molecule has 398 valence electrons. The highest BCUT2D eigenvalue weighted by molar-refractivity contribution is 5.76. The molecule has 1 aliphatic heterocycles. The fraction of sp³-hybridized carbons (Fsp3) is 0.860. The lowest BCUT2D eigenvalue weighted by atomic mass is 9.99. The highest BCUT2D eigenvalue weighted by Crippen LogP contribution is 2.23. The Balaban J connectivity index is 2.07. The summed E-state index contributed by atoms with van der Waals surface area (Å²) in [6.45, 7) is 4.26. The number of hydrogen-bond donors (Lipinski definition) is 6. The molecular formula is C57H105NO10. The van der Waals surface area contributed by atoms with Crippen molar-refractivity contribution in [3.63, 3.8) is 0 Å². The first-order valence-corrected chi connectivity index (χ1v) is 28.3. The molecule has 0 radical (unpaired) electrons. The second kappa shape index (κ2) is 47.2. The summed E-state index contributed by atoms with van der Waals surface area (Å²) < 4.78 is 16.6. The third kappa shape index (κ3) is 36.8. The molecule has 7 atom stereocenters. The van der Waals surface area contributed by atoms with E-state index in [0.717, 1.165) is 83.5 Å². The maximum Gasteiger partial charge on any atom is 0.305 e. The SMILES string of the molecule is CCCCCCC/C=C\CCCCCCCC(=O)OCCCCCCCC/C=C\CCCCCCCCCC(=O)NC(COC1OC(CO)C(O)C(O)C1O)C(O)/C=C/CCCCCCCCC. The molecule has 0 aromatic carbocycles. The quantitative estimate of drug-likeness (QED) is 0.0196. The number of nitrogens with one attached hydrogen (secondary N) is 1. The maximum absolute atomic E-state index is 13.0. The molecule has 0 aromatic rings. The largest absolute Gasteiger partial charge is 0.466 e. The lowest BCUT2D eigenvalue weighted by Gasteiger charge is -2.40. The molecule has 1 aliphatic rings. The van der Waals surface area contributed by atoms with Gasteiger partial charge < -0.3 is 45.1 Å². The van der Waals surface area contributed by atoms with Gasteiger partial charge in [-0.25, -0.2) is 0 Å². The van der Waals surface area contributed by atoms with E-state index in [2.05, 4.69) is 43.5 Å². The summed E-state index contributed by atoms with van der Waals surface area (Å²) in [4.78, 5) is 25.0. The Morgan fingerprint density at radius 2 is 0.941 bits per heavy atom. The van der Waals surface area contributed by atoms with Crippen LogP contribution in [0.25, 0.3) is 0 Å². The number of hydrogen-bond acceptors (Lipinski definition) is 10. The zero-order valence-corrected chi connectivity index (χ0v) is 43.6. The van der Waals surface area contributed by atoms with Gasteiger partial charge in [0.25, 0.3) is 0 Å². The summed E-state index contributed by atoms with van der Waals surface area (Å²) in [6, 6.07) is -0.818. The fourth-order valence-electron chi connectivity index (χ4n) is 8.66. The van der Waals surface area contributed by atoms with E-state index in [9.17, 15) is 35.1 Å². The van der Waals surface area contributed by atoms with Crippen LogP contribution in [-0.4, -0.2) is 100 Å². The zero-order chi connectivity index (χ0) is 49.6. The number of allylic oxidation sites excluding steroid dienone is 5. The van der Waals surface area contributed by atoms with E-state index in [1.807, 2.05) is 6.08 Å². The summed E-state index contributed by atoms with van der Waals surface area (Å²) in [5, 5.41) is 54.1. The topological polar surface area (TPSA) is 175 Å². The number of carbonyl (C=O) groups excluding carboxylic acids is 2. The first-order valence-electron chi connectivity index (χ1n) is 28.3. The molecule has 0 aromatic heterocycles. The second-order valence-corrected chi connectivity index (χ2v) is 19.6. The molecule has 1 saturated heterocycles. The van der Waals surface area contributed by atoms with E-state index in [4.69, 9.17) is 14.2 Å². The van der Waals surface area contributed by atoms with E-state index in [0.29, 0.717) is 19.4 Å². The molecule has 6 N–H and O–H groups in total. The number of unbranched alkanes of at least 4 members (excludes halogenated alkanes) is 30. The highest BCUT2D eigenvalue weighted by atomic mass is 16.7. The Hall–Kier alpha value is -2.12. The van der Waals surface area contributed by atoms with Gasteiger partial charge >= 0.3 is 5.97 Å². The van der Waals surface area contributed by atoms with Crippen LogP contribution in [0.4, 0.5) is 0 Å². The molecule has 0 spiro atoms. The highest BCUT2D eigenvalue weighted by Gasteiger charge is 2.44. The Morgan fingerprint density at radius 1 is 0.529 bits per heavy atom. The van der Waals surface area contributed by atoms with Gasteiger partial charge in [-0.3, -0.25) is 9.59 Å². The minimum Gasteiger partial charge on any atom is -0.466 e. The lowest BCUT2D eigenvalue weighted by molar-refractivity contribution is -0.302. The van der Waals surface area contributed by atoms with E-state index in [1.165, 1.54) is 141 Å². The van der Waals surface area contributed by atoms with E-state index < -0.39 is 49.5 Å². The van der Waals surface area contributed by atoms with Gasteiger partial charge in [0.05, 0.1) is 32.0 Å². The molecule has 11 nitrogen and oxygen atoms in total. The number of ether oxygens (including phenoxy) is 3. The van der Waals surface area contributed by atoms with Gasteiger partial charge in [0.15, 0.2) is 6.29 Å². The Bertz CT molecular complexity index is 1230. The Kier molecular flexibility index (Phi) is 44.4. The van der Waals surface area contributed by atoms with Crippen LogP contribution < -0.4 is 5.32 Å². The maximum atomic E-state index is 13.0. The van der Waals surface area contributed by atoms with Crippen LogP contribution in [0.3, 0.4) is 0 Å². The van der Waals surface area contributed by atoms with Gasteiger partial charge in [0.1, 0.15) is 24.4 Å². The van der Waals surface area contributed by atoms with Crippen LogP contribution >= 0.6 is 0 Å². The average molecular weight is 964 g/mol. The van der Waals surface area contributed by atoms with Crippen molar-refractivity contribution in [3.8, 4) is 0 Å². The van der Waals surface area contributed by atoms with Gasteiger partial charge in [-0.1, -0.05) is 192 Å². The molecule has 0 aliphatic carbocycles. The van der Waals surface area contributed by atoms with Crippen molar-refractivity contribution >= 4 is 11.9 Å². The molecule has 1 fully saturated rings. The van der Waals surface area contributed by atoms with Crippen LogP contribution in [0.2, 0.25) is 0 Å². The summed E-state index contributed by atoms with van der Waals surface area (Å²) in [5.74, 6) is -0.225. The summed E-state index contributed by atoms with van der Waals surface area (Å²) >= 11 is 0. The number of aliphatic hydroxyl groups excluding tert-OH is 5. The van der Waals surface area contributed by atoms with E-state index in [-0.39, 0.29) is 18.5 Å². The van der Waals surface area contributed by atoms with Crippen molar-refractivity contribution in [1.29, 1.82) is 0 Å². The van der Waals surface area contributed by atoms with Crippen molar-refractivity contribution in [2.24, 2.45) is 0 Å². The first kappa shape index (κ1) is 63.9. The standard InChI is InChI=1S/C57H105NO10/c1-3-5-7-9-11-13-14-15-22-25-29-33-37-41-45-53(62)66-46-42-38-34-30-26-23-20-18-16-17-19-21-24-28-32-36-40-44-52(61)58-49(50(60)43-39-35-31-27-12-10-8-6-4-2)48-67-57-56(65)55(64)54(63)51(47-59)68-57/h14-16,18,39,43,49-51,54-57,59-60,63-65H,3-13,17,19-38,40-42,44-48H2,1-2H3,(H,58,61)/b15-14-,18-16-,43-39+. The number of esters is 1. The van der Waals surface area contributed by atoms with E-state index >= 15 is 0 Å². The lowest BCUT2D eigenvalue weighted by Crippen LogP contribution is -2.60. The average Bonchev–Trinajstić information content (AvgIpc) is 3.33. The normalized spacial score (nSPS) is 19.7. The monoisotopic (exact) mass is 964 g/mol.